The molecular formula is C26H31F3O. The highest BCUT2D eigenvalue weighted by Crippen LogP contribution is 2.42. The number of rotatable bonds is 8. The van der Waals surface area contributed by atoms with Crippen molar-refractivity contribution in [3.63, 3.8) is 0 Å². The van der Waals surface area contributed by atoms with Gasteiger partial charge < -0.3 is 4.74 Å². The van der Waals surface area contributed by atoms with E-state index in [9.17, 15) is 13.2 Å². The third-order valence-corrected chi connectivity index (χ3v) is 6.09. The first-order valence-corrected chi connectivity index (χ1v) is 11.0. The van der Waals surface area contributed by atoms with Gasteiger partial charge in [0, 0.05) is 0 Å². The van der Waals surface area contributed by atoms with Gasteiger partial charge in [0.2, 0.25) is 5.82 Å². The fraction of sp³-hybridized carbons (Fsp3) is 0.462. The zero-order valence-electron chi connectivity index (χ0n) is 17.9. The molecule has 1 nitrogen and oxygen atoms in total. The molecule has 1 saturated carbocycles. The van der Waals surface area contributed by atoms with Gasteiger partial charge in [0.25, 0.3) is 0 Å². The molecule has 0 aliphatic heterocycles. The van der Waals surface area contributed by atoms with Crippen LogP contribution in [0.15, 0.2) is 48.3 Å². The summed E-state index contributed by atoms with van der Waals surface area (Å²) in [4.78, 5) is 0. The number of hydrogen-bond acceptors (Lipinski definition) is 1. The molecule has 1 fully saturated rings. The Kier molecular flexibility index (Phi) is 8.01. The van der Waals surface area contributed by atoms with E-state index >= 15 is 0 Å². The van der Waals surface area contributed by atoms with Gasteiger partial charge in [-0.2, -0.15) is 4.39 Å². The monoisotopic (exact) mass is 416 g/mol. The topological polar surface area (TPSA) is 9.23 Å². The molecule has 0 N–H and O–H groups in total. The van der Waals surface area contributed by atoms with E-state index in [2.05, 4.69) is 24.3 Å². The first-order chi connectivity index (χ1) is 14.5. The smallest absolute Gasteiger partial charge is 0.200 e. The van der Waals surface area contributed by atoms with Crippen molar-refractivity contribution < 1.29 is 17.9 Å². The van der Waals surface area contributed by atoms with Crippen molar-refractivity contribution in [3.05, 3.63) is 76.6 Å². The van der Waals surface area contributed by atoms with Gasteiger partial charge in [-0.05, 0) is 93.4 Å². The summed E-state index contributed by atoms with van der Waals surface area (Å²) in [7, 11) is 0. The molecule has 2 aromatic carbocycles. The zero-order chi connectivity index (χ0) is 21.5. The summed E-state index contributed by atoms with van der Waals surface area (Å²) in [6, 6.07) is 11.9. The summed E-state index contributed by atoms with van der Waals surface area (Å²) in [6.07, 6.45) is 7.92. The molecule has 1 aliphatic rings. The quantitative estimate of drug-likeness (QED) is 0.396. The summed E-state index contributed by atoms with van der Waals surface area (Å²) in [5, 5.41) is 0. The van der Waals surface area contributed by atoms with Crippen LogP contribution in [0.4, 0.5) is 13.2 Å². The van der Waals surface area contributed by atoms with Crippen LogP contribution in [0.1, 0.15) is 80.9 Å². The molecule has 0 unspecified atom stereocenters. The minimum absolute atomic E-state index is 0.0108. The van der Waals surface area contributed by atoms with E-state index < -0.39 is 11.6 Å². The van der Waals surface area contributed by atoms with Crippen LogP contribution in [0.5, 0.6) is 5.75 Å². The predicted octanol–water partition coefficient (Wildman–Crippen LogP) is 8.00. The van der Waals surface area contributed by atoms with Crippen molar-refractivity contribution in [2.24, 2.45) is 0 Å². The van der Waals surface area contributed by atoms with Crippen LogP contribution in [-0.4, -0.2) is 6.61 Å². The molecule has 0 saturated heterocycles. The number of ether oxygens (including phenoxy) is 1. The molecule has 0 radical (unpaired) electrons. The lowest BCUT2D eigenvalue weighted by atomic mass is 9.76. The lowest BCUT2D eigenvalue weighted by Crippen LogP contribution is -2.14. The summed E-state index contributed by atoms with van der Waals surface area (Å²) >= 11 is 0. The van der Waals surface area contributed by atoms with Gasteiger partial charge in [0.05, 0.1) is 12.4 Å². The molecule has 0 atom stereocenters. The van der Waals surface area contributed by atoms with Gasteiger partial charge in [-0.25, -0.2) is 8.78 Å². The molecule has 4 heteroatoms. The second-order valence-corrected chi connectivity index (χ2v) is 8.19. The molecule has 2 aromatic rings. The Balaban J connectivity index is 1.55. The van der Waals surface area contributed by atoms with Crippen LogP contribution in [0.3, 0.4) is 0 Å². The number of benzene rings is 2. The normalized spacial score (nSPS) is 19.7. The fourth-order valence-corrected chi connectivity index (χ4v) is 4.43. The van der Waals surface area contributed by atoms with Gasteiger partial charge in [-0.1, -0.05) is 36.4 Å². The third kappa shape index (κ3) is 5.68. The Morgan fingerprint density at radius 2 is 1.63 bits per heavy atom. The number of unbranched alkanes of at least 4 members (excludes halogenated alkanes) is 1. The minimum Gasteiger partial charge on any atom is -0.491 e. The average Bonchev–Trinajstić information content (AvgIpc) is 2.75. The Bertz CT molecular complexity index is 845. The number of aryl methyl sites for hydroxylation is 1. The van der Waals surface area contributed by atoms with Crippen LogP contribution < -0.4 is 4.74 Å². The molecule has 0 spiro atoms. The standard InChI is InChI=1S/C26H31F3O/c1-3-30-24-17-16-23(25(28)26(24)29)22-14-12-21(13-15-22)20-10-8-19(9-11-20)7-5-4-6-18(2)27/h6,8-11,16-17,21-22H,3-5,7,12-15H2,1-2H3/b18-6-. The summed E-state index contributed by atoms with van der Waals surface area (Å²) in [5.74, 6) is -1.24. The molecule has 0 aromatic heterocycles. The van der Waals surface area contributed by atoms with Crippen molar-refractivity contribution in [2.75, 3.05) is 6.61 Å². The fourth-order valence-electron chi connectivity index (χ4n) is 4.43. The molecule has 3 rings (SSSR count). The van der Waals surface area contributed by atoms with E-state index in [1.165, 1.54) is 18.1 Å². The molecule has 1 aliphatic carbocycles. The van der Waals surface area contributed by atoms with Gasteiger partial charge in [0.15, 0.2) is 11.6 Å². The lowest BCUT2D eigenvalue weighted by Gasteiger charge is -2.29. The maximum Gasteiger partial charge on any atom is 0.200 e. The number of halogens is 3. The highest BCUT2D eigenvalue weighted by molar-refractivity contribution is 5.34. The van der Waals surface area contributed by atoms with Gasteiger partial charge in [-0.3, -0.25) is 0 Å². The molecule has 162 valence electrons. The van der Waals surface area contributed by atoms with E-state index in [0.717, 1.165) is 44.9 Å². The highest BCUT2D eigenvalue weighted by atomic mass is 19.2. The van der Waals surface area contributed by atoms with Crippen LogP contribution in [0, 0.1) is 11.6 Å². The minimum atomic E-state index is -0.871. The largest absolute Gasteiger partial charge is 0.491 e. The first kappa shape index (κ1) is 22.5. The Morgan fingerprint density at radius 3 is 2.27 bits per heavy atom. The van der Waals surface area contributed by atoms with E-state index in [1.54, 1.807) is 25.1 Å². The molecular weight excluding hydrogens is 385 g/mol. The van der Waals surface area contributed by atoms with Crippen LogP contribution in [0.25, 0.3) is 0 Å². The van der Waals surface area contributed by atoms with Gasteiger partial charge in [-0.15, -0.1) is 0 Å². The maximum absolute atomic E-state index is 14.5. The zero-order valence-corrected chi connectivity index (χ0v) is 17.9. The van der Waals surface area contributed by atoms with Crippen LogP contribution in [0.2, 0.25) is 0 Å². The Morgan fingerprint density at radius 1 is 0.967 bits per heavy atom. The van der Waals surface area contributed by atoms with Crippen molar-refractivity contribution in [2.45, 2.75) is 70.6 Å². The summed E-state index contributed by atoms with van der Waals surface area (Å²) in [6.45, 7) is 3.54. The first-order valence-electron chi connectivity index (χ1n) is 11.0. The van der Waals surface area contributed by atoms with E-state index in [4.69, 9.17) is 4.74 Å². The SMILES string of the molecule is CCOc1ccc(C2CCC(c3ccc(CCC/C=C(/C)F)cc3)CC2)c(F)c1F. The molecule has 0 amide bonds. The van der Waals surface area contributed by atoms with Crippen LogP contribution in [-0.2, 0) is 6.42 Å². The van der Waals surface area contributed by atoms with E-state index in [-0.39, 0.29) is 17.5 Å². The van der Waals surface area contributed by atoms with Crippen molar-refractivity contribution in [1.29, 1.82) is 0 Å². The van der Waals surface area contributed by atoms with Crippen molar-refractivity contribution >= 4 is 0 Å². The number of allylic oxidation sites excluding steroid dienone is 2. The van der Waals surface area contributed by atoms with Gasteiger partial charge >= 0.3 is 0 Å². The summed E-state index contributed by atoms with van der Waals surface area (Å²) < 4.78 is 46.6. The predicted molar refractivity (Wildman–Crippen MR) is 116 cm³/mol. The van der Waals surface area contributed by atoms with Crippen LogP contribution >= 0.6 is 0 Å². The molecule has 0 bridgehead atoms. The Labute approximate surface area is 178 Å². The highest BCUT2D eigenvalue weighted by Gasteiger charge is 2.27. The molecule has 0 heterocycles. The van der Waals surface area contributed by atoms with Gasteiger partial charge in [0.1, 0.15) is 0 Å². The second-order valence-electron chi connectivity index (χ2n) is 8.19. The number of hydrogen-bond donors (Lipinski definition) is 0. The lowest BCUT2D eigenvalue weighted by molar-refractivity contribution is 0.310. The second kappa shape index (κ2) is 10.7. The van der Waals surface area contributed by atoms with E-state index in [0.29, 0.717) is 18.1 Å². The maximum atomic E-state index is 14.5. The average molecular weight is 417 g/mol. The van der Waals surface area contributed by atoms with E-state index in [1.807, 2.05) is 0 Å². The summed E-state index contributed by atoms with van der Waals surface area (Å²) in [5.41, 5.74) is 3.06. The third-order valence-electron chi connectivity index (χ3n) is 6.09. The van der Waals surface area contributed by atoms with Crippen molar-refractivity contribution in [1.82, 2.24) is 0 Å². The van der Waals surface area contributed by atoms with Crippen molar-refractivity contribution in [3.8, 4) is 5.75 Å². The molecule has 30 heavy (non-hydrogen) atoms. The Hall–Kier alpha value is -2.23.